The van der Waals surface area contributed by atoms with Gasteiger partial charge in [-0.15, -0.1) is 17.0 Å². The number of hydrogen-bond acceptors (Lipinski definition) is 6. The molecule has 4 rings (SSSR count). The van der Waals surface area contributed by atoms with Gasteiger partial charge in [0.2, 0.25) is 5.88 Å². The van der Waals surface area contributed by atoms with Crippen LogP contribution in [0.25, 0.3) is 16.8 Å². The lowest BCUT2D eigenvalue weighted by atomic mass is 10.1. The highest BCUT2D eigenvalue weighted by molar-refractivity contribution is 8.93. The SMILES string of the molecule is Br.O=c1c(-c2ccccc2)c(OCCN2CCOCC2)nc2cnccn12. The second-order valence-electron chi connectivity index (χ2n) is 6.07. The van der Waals surface area contributed by atoms with Gasteiger partial charge < -0.3 is 9.47 Å². The number of ether oxygens (including phenoxy) is 2. The van der Waals surface area contributed by atoms with Crippen LogP contribution in [0.15, 0.2) is 53.7 Å². The summed E-state index contributed by atoms with van der Waals surface area (Å²) in [6.07, 6.45) is 4.75. The third-order valence-electron chi connectivity index (χ3n) is 4.41. The van der Waals surface area contributed by atoms with Gasteiger partial charge in [-0.1, -0.05) is 30.3 Å². The van der Waals surface area contributed by atoms with E-state index in [1.54, 1.807) is 18.6 Å². The molecule has 1 aromatic carbocycles. The van der Waals surface area contributed by atoms with Gasteiger partial charge in [-0.05, 0) is 5.56 Å². The van der Waals surface area contributed by atoms with Gasteiger partial charge in [0.15, 0.2) is 5.65 Å². The summed E-state index contributed by atoms with van der Waals surface area (Å²) >= 11 is 0. The Morgan fingerprint density at radius 2 is 1.93 bits per heavy atom. The summed E-state index contributed by atoms with van der Waals surface area (Å²) in [6.45, 7) is 4.51. The Kier molecular flexibility index (Phi) is 6.54. The van der Waals surface area contributed by atoms with E-state index in [-0.39, 0.29) is 22.5 Å². The van der Waals surface area contributed by atoms with Crippen LogP contribution in [0.5, 0.6) is 5.88 Å². The van der Waals surface area contributed by atoms with Gasteiger partial charge >= 0.3 is 0 Å². The number of hydrogen-bond donors (Lipinski definition) is 0. The smallest absolute Gasteiger partial charge is 0.269 e. The summed E-state index contributed by atoms with van der Waals surface area (Å²) in [7, 11) is 0. The van der Waals surface area contributed by atoms with E-state index in [1.807, 2.05) is 30.3 Å². The van der Waals surface area contributed by atoms with Crippen molar-refractivity contribution in [2.45, 2.75) is 0 Å². The van der Waals surface area contributed by atoms with Crippen molar-refractivity contribution in [2.24, 2.45) is 0 Å². The maximum absolute atomic E-state index is 13.0. The van der Waals surface area contributed by atoms with Crippen LogP contribution in [-0.2, 0) is 4.74 Å². The highest BCUT2D eigenvalue weighted by atomic mass is 79.9. The molecule has 3 aromatic rings. The van der Waals surface area contributed by atoms with E-state index in [0.717, 1.165) is 38.4 Å². The maximum Gasteiger partial charge on any atom is 0.269 e. The molecule has 0 saturated carbocycles. The first-order valence-corrected chi connectivity index (χ1v) is 8.67. The average molecular weight is 433 g/mol. The van der Waals surface area contributed by atoms with Gasteiger partial charge in [0.05, 0.1) is 19.4 Å². The average Bonchev–Trinajstić information content (AvgIpc) is 2.70. The molecule has 2 aromatic heterocycles. The van der Waals surface area contributed by atoms with Crippen molar-refractivity contribution in [3.8, 4) is 17.0 Å². The molecule has 0 aliphatic carbocycles. The Morgan fingerprint density at radius 3 is 2.70 bits per heavy atom. The van der Waals surface area contributed by atoms with Crippen LogP contribution in [0.1, 0.15) is 0 Å². The van der Waals surface area contributed by atoms with Gasteiger partial charge in [-0.2, -0.15) is 4.98 Å². The highest BCUT2D eigenvalue weighted by Crippen LogP contribution is 2.25. The van der Waals surface area contributed by atoms with Crippen LogP contribution < -0.4 is 10.3 Å². The van der Waals surface area contributed by atoms with Crippen molar-refractivity contribution in [1.82, 2.24) is 19.3 Å². The quantitative estimate of drug-likeness (QED) is 0.614. The molecule has 0 unspecified atom stereocenters. The third-order valence-corrected chi connectivity index (χ3v) is 4.41. The van der Waals surface area contributed by atoms with Crippen molar-refractivity contribution in [3.63, 3.8) is 0 Å². The molecule has 27 heavy (non-hydrogen) atoms. The van der Waals surface area contributed by atoms with E-state index in [9.17, 15) is 4.79 Å². The Labute approximate surface area is 167 Å². The fourth-order valence-electron chi connectivity index (χ4n) is 3.03. The number of aromatic nitrogens is 3. The Hall–Kier alpha value is -2.29. The zero-order chi connectivity index (χ0) is 17.8. The van der Waals surface area contributed by atoms with E-state index in [4.69, 9.17) is 9.47 Å². The molecule has 0 N–H and O–H groups in total. The van der Waals surface area contributed by atoms with Gasteiger partial charge in [0, 0.05) is 32.0 Å². The molecule has 0 atom stereocenters. The number of morpholine rings is 1. The molecule has 7 nitrogen and oxygen atoms in total. The van der Waals surface area contributed by atoms with E-state index < -0.39 is 0 Å². The lowest BCUT2D eigenvalue weighted by molar-refractivity contribution is 0.0320. The van der Waals surface area contributed by atoms with Crippen LogP contribution in [0, 0.1) is 0 Å². The van der Waals surface area contributed by atoms with E-state index in [0.29, 0.717) is 23.7 Å². The first-order valence-electron chi connectivity index (χ1n) is 8.67. The number of fused-ring (bicyclic) bond motifs is 1. The fraction of sp³-hybridized carbons (Fsp3) is 0.316. The summed E-state index contributed by atoms with van der Waals surface area (Å²) in [4.78, 5) is 23.9. The maximum atomic E-state index is 13.0. The summed E-state index contributed by atoms with van der Waals surface area (Å²) in [5, 5.41) is 0. The molecule has 1 saturated heterocycles. The summed E-state index contributed by atoms with van der Waals surface area (Å²) in [6, 6.07) is 9.49. The topological polar surface area (TPSA) is 69.0 Å². The molecule has 1 aliphatic rings. The first kappa shape index (κ1) is 19.5. The Morgan fingerprint density at radius 1 is 1.15 bits per heavy atom. The molecule has 3 heterocycles. The number of nitrogens with zero attached hydrogens (tertiary/aromatic N) is 4. The van der Waals surface area contributed by atoms with Crippen molar-refractivity contribution in [2.75, 3.05) is 39.5 Å². The van der Waals surface area contributed by atoms with Crippen molar-refractivity contribution < 1.29 is 9.47 Å². The van der Waals surface area contributed by atoms with Gasteiger partial charge in [-0.25, -0.2) is 0 Å². The minimum Gasteiger partial charge on any atom is -0.476 e. The summed E-state index contributed by atoms with van der Waals surface area (Å²) < 4.78 is 12.8. The van der Waals surface area contributed by atoms with Gasteiger partial charge in [0.25, 0.3) is 5.56 Å². The monoisotopic (exact) mass is 432 g/mol. The molecule has 142 valence electrons. The minimum atomic E-state index is -0.162. The predicted octanol–water partition coefficient (Wildman–Crippen LogP) is 2.05. The van der Waals surface area contributed by atoms with Crippen LogP contribution in [0.4, 0.5) is 0 Å². The number of rotatable bonds is 5. The molecule has 8 heteroatoms. The zero-order valence-electron chi connectivity index (χ0n) is 14.8. The largest absolute Gasteiger partial charge is 0.476 e. The normalized spacial score (nSPS) is 14.7. The van der Waals surface area contributed by atoms with E-state index in [1.165, 1.54) is 4.40 Å². The van der Waals surface area contributed by atoms with Crippen LogP contribution in [-0.4, -0.2) is 58.7 Å². The highest BCUT2D eigenvalue weighted by Gasteiger charge is 2.17. The lowest BCUT2D eigenvalue weighted by Gasteiger charge is -2.26. The molecule has 0 spiro atoms. The molecule has 0 radical (unpaired) electrons. The van der Waals surface area contributed by atoms with Crippen LogP contribution in [0.2, 0.25) is 0 Å². The van der Waals surface area contributed by atoms with Gasteiger partial charge in [0.1, 0.15) is 12.2 Å². The fourth-order valence-corrected chi connectivity index (χ4v) is 3.03. The first-order chi connectivity index (χ1) is 12.8. The molecule has 0 amide bonds. The lowest BCUT2D eigenvalue weighted by Crippen LogP contribution is -2.38. The Balaban J connectivity index is 0.00000210. The summed E-state index contributed by atoms with van der Waals surface area (Å²) in [5.41, 5.74) is 1.57. The van der Waals surface area contributed by atoms with Crippen molar-refractivity contribution >= 4 is 22.6 Å². The van der Waals surface area contributed by atoms with Crippen LogP contribution in [0.3, 0.4) is 0 Å². The molecular formula is C19H21BrN4O3. The van der Waals surface area contributed by atoms with Crippen molar-refractivity contribution in [3.05, 3.63) is 59.3 Å². The third kappa shape index (κ3) is 4.35. The molecule has 1 fully saturated rings. The minimum absolute atomic E-state index is 0. The Bertz CT molecular complexity index is 943. The van der Waals surface area contributed by atoms with E-state index >= 15 is 0 Å². The second-order valence-corrected chi connectivity index (χ2v) is 6.07. The second kappa shape index (κ2) is 9.07. The predicted molar refractivity (Wildman–Crippen MR) is 108 cm³/mol. The number of halogens is 1. The summed E-state index contributed by atoms with van der Waals surface area (Å²) in [5.74, 6) is 0.349. The van der Waals surface area contributed by atoms with Crippen molar-refractivity contribution in [1.29, 1.82) is 0 Å². The number of benzene rings is 1. The molecule has 0 bridgehead atoms. The van der Waals surface area contributed by atoms with E-state index in [2.05, 4.69) is 14.9 Å². The standard InChI is InChI=1S/C19H20N4O3.BrH/c24-19-17(15-4-2-1-3-5-15)18(21-16-14-20-6-7-23(16)19)26-13-10-22-8-11-25-12-9-22;/h1-7,14H,8-13H2;1H. The zero-order valence-corrected chi connectivity index (χ0v) is 16.5. The molecular weight excluding hydrogens is 412 g/mol. The molecule has 1 aliphatic heterocycles. The van der Waals surface area contributed by atoms with Gasteiger partial charge in [-0.3, -0.25) is 19.1 Å². The van der Waals surface area contributed by atoms with Crippen LogP contribution >= 0.6 is 17.0 Å².